The van der Waals surface area contributed by atoms with E-state index in [-0.39, 0.29) is 0 Å². The van der Waals surface area contributed by atoms with Gasteiger partial charge in [-0.1, -0.05) is 15.9 Å². The van der Waals surface area contributed by atoms with Gasteiger partial charge in [-0.05, 0) is 68.1 Å². The summed E-state index contributed by atoms with van der Waals surface area (Å²) < 4.78 is 10.5. The molecular formula is C22H19BrN4O. The zero-order chi connectivity index (χ0) is 19.6. The molecule has 0 amide bonds. The predicted molar refractivity (Wildman–Crippen MR) is 116 cm³/mol. The number of pyridine rings is 1. The van der Waals surface area contributed by atoms with Gasteiger partial charge < -0.3 is 4.74 Å². The number of methoxy groups -OCH3 is 1. The number of hydrogen-bond acceptors (Lipinski definition) is 3. The lowest BCUT2D eigenvalue weighted by Crippen LogP contribution is -2.00. The molecule has 0 N–H and O–H groups in total. The van der Waals surface area contributed by atoms with Crippen LogP contribution in [0.4, 0.5) is 0 Å². The first-order valence-electron chi connectivity index (χ1n) is 9.09. The number of halogens is 1. The number of fused-ring (bicyclic) bond motifs is 6. The number of aromatic nitrogens is 4. The van der Waals surface area contributed by atoms with Crippen molar-refractivity contribution in [3.63, 3.8) is 0 Å². The molecule has 6 heteroatoms. The van der Waals surface area contributed by atoms with Gasteiger partial charge in [0, 0.05) is 27.0 Å². The lowest BCUT2D eigenvalue weighted by atomic mass is 10.0. The van der Waals surface area contributed by atoms with Crippen molar-refractivity contribution in [1.82, 2.24) is 19.4 Å². The third-order valence-electron chi connectivity index (χ3n) is 5.20. The number of ether oxygens (including phenoxy) is 1. The highest BCUT2D eigenvalue weighted by molar-refractivity contribution is 9.10. The first kappa shape index (κ1) is 17.3. The highest BCUT2D eigenvalue weighted by atomic mass is 79.9. The van der Waals surface area contributed by atoms with Gasteiger partial charge in [-0.2, -0.15) is 5.10 Å². The van der Waals surface area contributed by atoms with Crippen molar-refractivity contribution in [3.05, 3.63) is 63.9 Å². The van der Waals surface area contributed by atoms with Crippen LogP contribution < -0.4 is 4.74 Å². The van der Waals surface area contributed by atoms with Crippen LogP contribution in [0.5, 0.6) is 5.75 Å². The van der Waals surface area contributed by atoms with E-state index in [0.717, 1.165) is 43.8 Å². The van der Waals surface area contributed by atoms with Crippen LogP contribution in [0.2, 0.25) is 0 Å². The van der Waals surface area contributed by atoms with Crippen LogP contribution in [-0.2, 0) is 0 Å². The molecule has 140 valence electrons. The van der Waals surface area contributed by atoms with Crippen molar-refractivity contribution in [1.29, 1.82) is 0 Å². The SMILES string of the molecule is COc1ccc2c(c1)c1cc(Br)cc(C)c1c1cc(-n3nc(C)cc3C)nn21. The van der Waals surface area contributed by atoms with Crippen molar-refractivity contribution in [2.45, 2.75) is 20.8 Å². The largest absolute Gasteiger partial charge is 0.497 e. The summed E-state index contributed by atoms with van der Waals surface area (Å²) in [6.07, 6.45) is 0. The van der Waals surface area contributed by atoms with E-state index in [1.54, 1.807) is 7.11 Å². The number of benzene rings is 2. The summed E-state index contributed by atoms with van der Waals surface area (Å²) >= 11 is 3.66. The fraction of sp³-hybridized carbons (Fsp3) is 0.182. The molecule has 5 aromatic rings. The number of aryl methyl sites for hydroxylation is 3. The van der Waals surface area contributed by atoms with Gasteiger partial charge in [0.25, 0.3) is 0 Å². The van der Waals surface area contributed by atoms with Gasteiger partial charge in [0.05, 0.1) is 23.8 Å². The van der Waals surface area contributed by atoms with Gasteiger partial charge in [0.15, 0.2) is 5.82 Å². The molecule has 0 aliphatic rings. The number of nitrogens with zero attached hydrogens (tertiary/aromatic N) is 4. The Morgan fingerprint density at radius 2 is 1.71 bits per heavy atom. The maximum atomic E-state index is 5.48. The predicted octanol–water partition coefficient (Wildman–Crippen LogP) is 5.52. The third-order valence-corrected chi connectivity index (χ3v) is 5.66. The van der Waals surface area contributed by atoms with Gasteiger partial charge in [0.2, 0.25) is 0 Å². The van der Waals surface area contributed by atoms with Crippen molar-refractivity contribution < 1.29 is 4.74 Å². The summed E-state index contributed by atoms with van der Waals surface area (Å²) in [5.74, 6) is 1.65. The van der Waals surface area contributed by atoms with E-state index in [4.69, 9.17) is 9.84 Å². The second kappa shape index (κ2) is 6.07. The van der Waals surface area contributed by atoms with E-state index in [1.807, 2.05) is 29.1 Å². The molecule has 0 bridgehead atoms. The molecule has 0 radical (unpaired) electrons. The molecule has 0 aliphatic carbocycles. The minimum Gasteiger partial charge on any atom is -0.497 e. The molecule has 5 rings (SSSR count). The Balaban J connectivity index is 1.98. The molecule has 0 fully saturated rings. The lowest BCUT2D eigenvalue weighted by molar-refractivity contribution is 0.415. The summed E-state index contributed by atoms with van der Waals surface area (Å²) in [6, 6.07) is 14.6. The molecule has 3 heterocycles. The molecule has 0 spiro atoms. The van der Waals surface area contributed by atoms with E-state index in [9.17, 15) is 0 Å². The van der Waals surface area contributed by atoms with Gasteiger partial charge >= 0.3 is 0 Å². The summed E-state index contributed by atoms with van der Waals surface area (Å²) in [6.45, 7) is 6.18. The summed E-state index contributed by atoms with van der Waals surface area (Å²) in [5, 5.41) is 13.0. The molecule has 0 unspecified atom stereocenters. The normalized spacial score (nSPS) is 11.8. The van der Waals surface area contributed by atoms with Crippen LogP contribution >= 0.6 is 15.9 Å². The second-order valence-corrected chi connectivity index (χ2v) is 8.08. The Hall–Kier alpha value is -2.86. The molecular weight excluding hydrogens is 416 g/mol. The quantitative estimate of drug-likeness (QED) is 0.343. The highest BCUT2D eigenvalue weighted by Gasteiger charge is 2.16. The van der Waals surface area contributed by atoms with Crippen molar-refractivity contribution in [2.75, 3.05) is 7.11 Å². The molecule has 28 heavy (non-hydrogen) atoms. The summed E-state index contributed by atoms with van der Waals surface area (Å²) in [5.41, 5.74) is 5.34. The standard InChI is InChI=1S/C22H19BrN4O/c1-12-7-15(23)9-18-17-10-16(28-4)5-6-19(17)27-20(22(12)18)11-21(25-27)26-14(3)8-13(2)24-26/h5-11H,1-4H3. The lowest BCUT2D eigenvalue weighted by Gasteiger charge is -2.12. The van der Waals surface area contributed by atoms with Gasteiger partial charge in [-0.15, -0.1) is 5.10 Å². The topological polar surface area (TPSA) is 44.3 Å². The van der Waals surface area contributed by atoms with E-state index in [2.05, 4.69) is 64.4 Å². The molecule has 0 atom stereocenters. The van der Waals surface area contributed by atoms with E-state index in [0.29, 0.717) is 0 Å². The fourth-order valence-electron chi connectivity index (χ4n) is 4.03. The first-order chi connectivity index (χ1) is 13.5. The molecule has 0 saturated carbocycles. The Labute approximate surface area is 170 Å². The first-order valence-corrected chi connectivity index (χ1v) is 9.88. The third kappa shape index (κ3) is 2.44. The van der Waals surface area contributed by atoms with E-state index >= 15 is 0 Å². The highest BCUT2D eigenvalue weighted by Crippen LogP contribution is 2.36. The summed E-state index contributed by atoms with van der Waals surface area (Å²) in [4.78, 5) is 0. The average molecular weight is 435 g/mol. The molecule has 3 aromatic heterocycles. The fourth-order valence-corrected chi connectivity index (χ4v) is 4.61. The Morgan fingerprint density at radius 1 is 0.893 bits per heavy atom. The van der Waals surface area contributed by atoms with E-state index in [1.165, 1.54) is 16.3 Å². The van der Waals surface area contributed by atoms with E-state index < -0.39 is 0 Å². The summed E-state index contributed by atoms with van der Waals surface area (Å²) in [7, 11) is 1.69. The van der Waals surface area contributed by atoms with Crippen molar-refractivity contribution in [3.8, 4) is 11.6 Å². The number of rotatable bonds is 2. The monoisotopic (exact) mass is 434 g/mol. The zero-order valence-electron chi connectivity index (χ0n) is 16.1. The minimum absolute atomic E-state index is 0.817. The Bertz CT molecular complexity index is 1400. The Morgan fingerprint density at radius 3 is 2.43 bits per heavy atom. The molecule has 2 aromatic carbocycles. The van der Waals surface area contributed by atoms with Crippen LogP contribution in [0.3, 0.4) is 0 Å². The molecule has 0 aliphatic heterocycles. The molecule has 5 nitrogen and oxygen atoms in total. The maximum absolute atomic E-state index is 5.48. The zero-order valence-corrected chi connectivity index (χ0v) is 17.7. The van der Waals surface area contributed by atoms with Gasteiger partial charge in [-0.3, -0.25) is 0 Å². The average Bonchev–Trinajstić information content (AvgIpc) is 3.23. The Kier molecular flexibility index (Phi) is 3.74. The van der Waals surface area contributed by atoms with Crippen molar-refractivity contribution >= 4 is 43.1 Å². The van der Waals surface area contributed by atoms with Crippen molar-refractivity contribution in [2.24, 2.45) is 0 Å². The van der Waals surface area contributed by atoms with Crippen LogP contribution in [-0.4, -0.2) is 26.5 Å². The second-order valence-electron chi connectivity index (χ2n) is 7.17. The maximum Gasteiger partial charge on any atom is 0.176 e. The van der Waals surface area contributed by atoms with Crippen LogP contribution in [0.1, 0.15) is 17.0 Å². The van der Waals surface area contributed by atoms with Gasteiger partial charge in [0.1, 0.15) is 5.75 Å². The number of hydrogen-bond donors (Lipinski definition) is 0. The molecule has 0 saturated heterocycles. The minimum atomic E-state index is 0.817. The smallest absolute Gasteiger partial charge is 0.176 e. The van der Waals surface area contributed by atoms with Crippen LogP contribution in [0, 0.1) is 20.8 Å². The van der Waals surface area contributed by atoms with Crippen LogP contribution in [0.25, 0.3) is 33.0 Å². The van der Waals surface area contributed by atoms with Gasteiger partial charge in [-0.25, -0.2) is 9.20 Å². The van der Waals surface area contributed by atoms with Crippen LogP contribution in [0.15, 0.2) is 46.9 Å².